The van der Waals surface area contributed by atoms with Gasteiger partial charge in [-0.1, -0.05) is 11.6 Å². The van der Waals surface area contributed by atoms with Crippen LogP contribution in [-0.2, 0) is 9.53 Å². The minimum Gasteiger partial charge on any atom is -0.507 e. The summed E-state index contributed by atoms with van der Waals surface area (Å²) in [4.78, 5) is 15.0. The van der Waals surface area contributed by atoms with Gasteiger partial charge in [0.15, 0.2) is 5.78 Å². The van der Waals surface area contributed by atoms with Crippen molar-refractivity contribution in [2.24, 2.45) is 0 Å². The Morgan fingerprint density at radius 2 is 1.91 bits per heavy atom. The molecule has 1 aliphatic carbocycles. The molecule has 118 valence electrons. The van der Waals surface area contributed by atoms with Crippen molar-refractivity contribution in [1.82, 2.24) is 4.90 Å². The summed E-state index contributed by atoms with van der Waals surface area (Å²) in [5, 5.41) is 11.1. The fourth-order valence-corrected chi connectivity index (χ4v) is 3.31. The van der Waals surface area contributed by atoms with Crippen molar-refractivity contribution in [2.75, 3.05) is 26.3 Å². The van der Waals surface area contributed by atoms with Crippen molar-refractivity contribution >= 4 is 23.1 Å². The van der Waals surface area contributed by atoms with Crippen LogP contribution in [0.1, 0.15) is 24.8 Å². The molecule has 1 aromatic rings. The first-order valence-corrected chi connectivity index (χ1v) is 8.08. The second kappa shape index (κ2) is 6.82. The van der Waals surface area contributed by atoms with Gasteiger partial charge in [-0.2, -0.15) is 0 Å². The molecule has 1 saturated heterocycles. The summed E-state index contributed by atoms with van der Waals surface area (Å²) in [5.41, 5.74) is 1.19. The van der Waals surface area contributed by atoms with Gasteiger partial charge in [-0.3, -0.25) is 9.69 Å². The SMILES string of the molecule is O=C1C(=C(O)c2ccc(Cl)cc2)CCC[C@@H]1N1CCOCC1. The van der Waals surface area contributed by atoms with Gasteiger partial charge in [-0.15, -0.1) is 0 Å². The Balaban J connectivity index is 1.84. The van der Waals surface area contributed by atoms with Gasteiger partial charge in [0.1, 0.15) is 5.76 Å². The van der Waals surface area contributed by atoms with Gasteiger partial charge in [0.05, 0.1) is 19.3 Å². The number of morpholine rings is 1. The van der Waals surface area contributed by atoms with Gasteiger partial charge in [0.25, 0.3) is 0 Å². The summed E-state index contributed by atoms with van der Waals surface area (Å²) in [6.07, 6.45) is 2.41. The molecule has 2 fully saturated rings. The number of aliphatic hydroxyl groups is 1. The van der Waals surface area contributed by atoms with Crippen molar-refractivity contribution in [1.29, 1.82) is 0 Å². The van der Waals surface area contributed by atoms with E-state index in [4.69, 9.17) is 16.3 Å². The normalized spacial score (nSPS) is 26.0. The van der Waals surface area contributed by atoms with E-state index in [1.54, 1.807) is 24.3 Å². The van der Waals surface area contributed by atoms with Crippen LogP contribution >= 0.6 is 11.6 Å². The first kappa shape index (κ1) is 15.5. The van der Waals surface area contributed by atoms with Gasteiger partial charge >= 0.3 is 0 Å². The average Bonchev–Trinajstić information content (AvgIpc) is 2.56. The number of carbonyl (C=O) groups is 1. The lowest BCUT2D eigenvalue weighted by Gasteiger charge is -2.36. The fourth-order valence-electron chi connectivity index (χ4n) is 3.18. The van der Waals surface area contributed by atoms with Crippen molar-refractivity contribution in [2.45, 2.75) is 25.3 Å². The molecule has 1 aliphatic heterocycles. The van der Waals surface area contributed by atoms with E-state index >= 15 is 0 Å². The molecule has 1 atom stereocenters. The van der Waals surface area contributed by atoms with Gasteiger partial charge in [0.2, 0.25) is 0 Å². The minimum atomic E-state index is -0.123. The summed E-state index contributed by atoms with van der Waals surface area (Å²) >= 11 is 5.87. The largest absolute Gasteiger partial charge is 0.507 e. The molecule has 0 amide bonds. The lowest BCUT2D eigenvalue weighted by molar-refractivity contribution is -0.123. The quantitative estimate of drug-likeness (QED) is 0.672. The van der Waals surface area contributed by atoms with Crippen LogP contribution in [0, 0.1) is 0 Å². The van der Waals surface area contributed by atoms with Gasteiger partial charge in [0, 0.05) is 29.2 Å². The standard InChI is InChI=1S/C17H20ClNO3/c18-13-6-4-12(5-7-13)16(20)14-2-1-3-15(17(14)21)19-8-10-22-11-9-19/h4-7,15,20H,1-3,8-11H2/t15-/m0/s1. The number of hydrogen-bond acceptors (Lipinski definition) is 4. The molecule has 2 aliphatic rings. The number of ketones is 1. The highest BCUT2D eigenvalue weighted by Crippen LogP contribution is 2.30. The fraction of sp³-hybridized carbons (Fsp3) is 0.471. The lowest BCUT2D eigenvalue weighted by Crippen LogP contribution is -2.49. The number of Topliss-reactive ketones (excluding diaryl/α,β-unsaturated/α-hetero) is 1. The van der Waals surface area contributed by atoms with Crippen LogP contribution < -0.4 is 0 Å². The highest BCUT2D eigenvalue weighted by molar-refractivity contribution is 6.30. The first-order valence-electron chi connectivity index (χ1n) is 7.71. The van der Waals surface area contributed by atoms with Crippen LogP contribution in [0.25, 0.3) is 5.76 Å². The average molecular weight is 322 g/mol. The van der Waals surface area contributed by atoms with E-state index in [0.29, 0.717) is 35.8 Å². The predicted molar refractivity (Wildman–Crippen MR) is 86.0 cm³/mol. The topological polar surface area (TPSA) is 49.8 Å². The number of rotatable bonds is 2. The Hall–Kier alpha value is -1.36. The van der Waals surface area contributed by atoms with E-state index in [2.05, 4.69) is 4.90 Å². The van der Waals surface area contributed by atoms with E-state index < -0.39 is 0 Å². The second-order valence-corrected chi connectivity index (χ2v) is 6.19. The number of hydrogen-bond donors (Lipinski definition) is 1. The first-order chi connectivity index (χ1) is 10.7. The third-order valence-corrected chi connectivity index (χ3v) is 4.65. The molecule has 1 saturated carbocycles. The van der Waals surface area contributed by atoms with E-state index in [0.717, 1.165) is 25.9 Å². The zero-order valence-electron chi connectivity index (χ0n) is 12.4. The third-order valence-electron chi connectivity index (χ3n) is 4.39. The van der Waals surface area contributed by atoms with Crippen LogP contribution in [0.3, 0.4) is 0 Å². The number of nitrogens with zero attached hydrogens (tertiary/aromatic N) is 1. The summed E-state index contributed by atoms with van der Waals surface area (Å²) in [7, 11) is 0. The molecule has 1 N–H and O–H groups in total. The van der Waals surface area contributed by atoms with Gasteiger partial charge < -0.3 is 9.84 Å². The number of halogens is 1. The highest BCUT2D eigenvalue weighted by Gasteiger charge is 2.34. The molecule has 0 spiro atoms. The van der Waals surface area contributed by atoms with E-state index in [-0.39, 0.29) is 17.6 Å². The zero-order valence-corrected chi connectivity index (χ0v) is 13.2. The molecular weight excluding hydrogens is 302 g/mol. The molecule has 0 unspecified atom stereocenters. The van der Waals surface area contributed by atoms with Gasteiger partial charge in [-0.05, 0) is 43.5 Å². The molecule has 0 bridgehead atoms. The molecule has 0 aromatic heterocycles. The molecular formula is C17H20ClNO3. The molecule has 5 heteroatoms. The van der Waals surface area contributed by atoms with Crippen LogP contribution in [0.15, 0.2) is 29.8 Å². The number of ether oxygens (including phenoxy) is 1. The summed E-state index contributed by atoms with van der Waals surface area (Å²) in [6, 6.07) is 6.81. The Kier molecular flexibility index (Phi) is 4.81. The van der Waals surface area contributed by atoms with Crippen LogP contribution in [-0.4, -0.2) is 48.1 Å². The minimum absolute atomic E-state index is 0.0561. The van der Waals surface area contributed by atoms with E-state index in [1.807, 2.05) is 0 Å². The van der Waals surface area contributed by atoms with Crippen LogP contribution in [0.4, 0.5) is 0 Å². The van der Waals surface area contributed by atoms with Crippen molar-refractivity contribution in [3.8, 4) is 0 Å². The molecule has 22 heavy (non-hydrogen) atoms. The Labute approximate surface area is 135 Å². The lowest BCUT2D eigenvalue weighted by atomic mass is 9.86. The Morgan fingerprint density at radius 3 is 2.59 bits per heavy atom. The maximum atomic E-state index is 12.8. The summed E-state index contributed by atoms with van der Waals surface area (Å²) in [6.45, 7) is 2.91. The van der Waals surface area contributed by atoms with Crippen LogP contribution in [0.5, 0.6) is 0 Å². The van der Waals surface area contributed by atoms with Gasteiger partial charge in [-0.25, -0.2) is 0 Å². The third kappa shape index (κ3) is 3.19. The predicted octanol–water partition coefficient (Wildman–Crippen LogP) is 3.06. The van der Waals surface area contributed by atoms with Crippen molar-refractivity contribution < 1.29 is 14.6 Å². The Morgan fingerprint density at radius 1 is 1.23 bits per heavy atom. The summed E-state index contributed by atoms with van der Waals surface area (Å²) in [5.74, 6) is 0.153. The smallest absolute Gasteiger partial charge is 0.179 e. The molecule has 4 nitrogen and oxygen atoms in total. The maximum absolute atomic E-state index is 12.8. The number of carbonyl (C=O) groups excluding carboxylic acids is 1. The molecule has 3 rings (SSSR count). The highest BCUT2D eigenvalue weighted by atomic mass is 35.5. The zero-order chi connectivity index (χ0) is 15.5. The van der Waals surface area contributed by atoms with Crippen molar-refractivity contribution in [3.05, 3.63) is 40.4 Å². The number of benzene rings is 1. The summed E-state index contributed by atoms with van der Waals surface area (Å²) < 4.78 is 5.35. The van der Waals surface area contributed by atoms with E-state index in [1.165, 1.54) is 0 Å². The number of aliphatic hydroxyl groups excluding tert-OH is 1. The van der Waals surface area contributed by atoms with Crippen molar-refractivity contribution in [3.63, 3.8) is 0 Å². The maximum Gasteiger partial charge on any atom is 0.179 e. The Bertz CT molecular complexity index is 576. The van der Waals surface area contributed by atoms with E-state index in [9.17, 15) is 9.90 Å². The molecule has 1 aromatic carbocycles. The second-order valence-electron chi connectivity index (χ2n) is 5.75. The molecule has 1 heterocycles. The molecule has 0 radical (unpaired) electrons. The van der Waals surface area contributed by atoms with Crippen LogP contribution in [0.2, 0.25) is 5.02 Å². The monoisotopic (exact) mass is 321 g/mol.